The van der Waals surface area contributed by atoms with Gasteiger partial charge in [0.25, 0.3) is 0 Å². The zero-order chi connectivity index (χ0) is 20.6. The van der Waals surface area contributed by atoms with Gasteiger partial charge in [-0.25, -0.2) is 0 Å². The molecule has 0 aromatic heterocycles. The van der Waals surface area contributed by atoms with Gasteiger partial charge in [-0.2, -0.15) is 0 Å². The average molecular weight is 391 g/mol. The maximum absolute atomic E-state index is 11.9. The summed E-state index contributed by atoms with van der Waals surface area (Å²) in [5.74, 6) is -0.165. The molecule has 0 N–H and O–H groups in total. The maximum Gasteiger partial charge on any atom is 0.311 e. The van der Waals surface area contributed by atoms with Crippen LogP contribution in [0.4, 0.5) is 0 Å². The molecule has 0 spiro atoms. The summed E-state index contributed by atoms with van der Waals surface area (Å²) in [5.41, 5.74) is 2.01. The number of benzene rings is 1. The fourth-order valence-electron chi connectivity index (χ4n) is 3.06. The Morgan fingerprint density at radius 2 is 1.36 bits per heavy atom. The fraction of sp³-hybridized carbons (Fsp3) is 0.667. The zero-order valence-corrected chi connectivity index (χ0v) is 18.1. The Morgan fingerprint density at radius 1 is 0.786 bits per heavy atom. The van der Waals surface area contributed by atoms with E-state index in [1.165, 1.54) is 51.4 Å². The van der Waals surface area contributed by atoms with Crippen molar-refractivity contribution in [1.29, 1.82) is 0 Å². The van der Waals surface area contributed by atoms with E-state index in [2.05, 4.69) is 6.92 Å². The highest BCUT2D eigenvalue weighted by Crippen LogP contribution is 2.21. The summed E-state index contributed by atoms with van der Waals surface area (Å²) in [6.45, 7) is 6.57. The van der Waals surface area contributed by atoms with E-state index >= 15 is 0 Å². The molecule has 4 nitrogen and oxygen atoms in total. The third-order valence-corrected chi connectivity index (χ3v) is 5.07. The highest BCUT2D eigenvalue weighted by atomic mass is 16.5. The second-order valence-electron chi connectivity index (χ2n) is 7.57. The van der Waals surface area contributed by atoms with Crippen molar-refractivity contribution < 1.29 is 19.1 Å². The first kappa shape index (κ1) is 24.2. The Bertz CT molecular complexity index is 580. The van der Waals surface area contributed by atoms with Gasteiger partial charge >= 0.3 is 11.9 Å². The number of esters is 2. The van der Waals surface area contributed by atoms with Crippen LogP contribution in [0.1, 0.15) is 95.1 Å². The van der Waals surface area contributed by atoms with Gasteiger partial charge in [0, 0.05) is 0 Å². The molecule has 1 aromatic carbocycles. The second-order valence-corrected chi connectivity index (χ2v) is 7.57. The summed E-state index contributed by atoms with van der Waals surface area (Å²) in [5, 5.41) is 0. The Labute approximate surface area is 171 Å². The molecule has 0 aliphatic carbocycles. The van der Waals surface area contributed by atoms with Crippen LogP contribution in [0.5, 0.6) is 5.75 Å². The van der Waals surface area contributed by atoms with Gasteiger partial charge in [0.15, 0.2) is 0 Å². The van der Waals surface area contributed by atoms with Gasteiger partial charge in [-0.15, -0.1) is 0 Å². The minimum atomic E-state index is -0.399. The Balaban J connectivity index is 2.00. The molecule has 0 atom stereocenters. The first-order valence-electron chi connectivity index (χ1n) is 11.0. The van der Waals surface area contributed by atoms with Crippen molar-refractivity contribution in [1.82, 2.24) is 0 Å². The van der Waals surface area contributed by atoms with E-state index in [0.29, 0.717) is 12.4 Å². The quantitative estimate of drug-likeness (QED) is 0.196. The van der Waals surface area contributed by atoms with Crippen molar-refractivity contribution >= 4 is 11.9 Å². The minimum Gasteiger partial charge on any atom is -0.466 e. The van der Waals surface area contributed by atoms with Crippen molar-refractivity contribution in [3.05, 3.63) is 29.3 Å². The van der Waals surface area contributed by atoms with Crippen molar-refractivity contribution in [3.63, 3.8) is 0 Å². The molecule has 0 aliphatic heterocycles. The second kappa shape index (κ2) is 15.1. The summed E-state index contributed by atoms with van der Waals surface area (Å²) in [7, 11) is 0. The highest BCUT2D eigenvalue weighted by Gasteiger charge is 2.12. The molecule has 0 saturated heterocycles. The number of carbonyl (C=O) groups excluding carboxylic acids is 2. The molecule has 0 heterocycles. The number of aryl methyl sites for hydroxylation is 1. The lowest BCUT2D eigenvalue weighted by Crippen LogP contribution is -2.13. The van der Waals surface area contributed by atoms with Crippen molar-refractivity contribution in [3.8, 4) is 5.75 Å². The lowest BCUT2D eigenvalue weighted by Gasteiger charge is -2.09. The summed E-state index contributed by atoms with van der Waals surface area (Å²) in [6, 6.07) is 5.59. The third kappa shape index (κ3) is 11.1. The molecule has 0 fully saturated rings. The lowest BCUT2D eigenvalue weighted by molar-refractivity contribution is -0.147. The number of unbranched alkanes of at least 4 members (excludes halogenated alkanes) is 9. The van der Waals surface area contributed by atoms with Gasteiger partial charge in [-0.3, -0.25) is 9.59 Å². The topological polar surface area (TPSA) is 52.6 Å². The first-order valence-corrected chi connectivity index (χ1v) is 11.0. The molecule has 0 saturated carbocycles. The number of hydrogen-bond donors (Lipinski definition) is 0. The summed E-state index contributed by atoms with van der Waals surface area (Å²) >= 11 is 0. The van der Waals surface area contributed by atoms with E-state index < -0.39 is 5.97 Å². The van der Waals surface area contributed by atoms with E-state index in [4.69, 9.17) is 9.47 Å². The van der Waals surface area contributed by atoms with E-state index in [1.807, 2.05) is 26.0 Å². The molecule has 28 heavy (non-hydrogen) atoms. The van der Waals surface area contributed by atoms with Gasteiger partial charge in [-0.1, -0.05) is 76.8 Å². The van der Waals surface area contributed by atoms with Crippen LogP contribution in [0, 0.1) is 13.8 Å². The maximum atomic E-state index is 11.9. The molecule has 4 heteroatoms. The predicted octanol–water partition coefficient (Wildman–Crippen LogP) is 6.45. The SMILES string of the molecule is CCCCCCCCCCCCOC(=O)CCC(=O)Oc1cccc(C)c1C. The monoisotopic (exact) mass is 390 g/mol. The highest BCUT2D eigenvalue weighted by molar-refractivity contribution is 5.79. The molecular weight excluding hydrogens is 352 g/mol. The van der Waals surface area contributed by atoms with Crippen LogP contribution >= 0.6 is 0 Å². The molecule has 0 radical (unpaired) electrons. The Morgan fingerprint density at radius 3 is 2.00 bits per heavy atom. The average Bonchev–Trinajstić information content (AvgIpc) is 2.68. The van der Waals surface area contributed by atoms with Gasteiger partial charge in [0.05, 0.1) is 19.4 Å². The third-order valence-electron chi connectivity index (χ3n) is 5.07. The van der Waals surface area contributed by atoms with E-state index in [0.717, 1.165) is 24.0 Å². The fourth-order valence-corrected chi connectivity index (χ4v) is 3.06. The van der Waals surface area contributed by atoms with Crippen LogP contribution in [0.3, 0.4) is 0 Å². The van der Waals surface area contributed by atoms with Gasteiger partial charge in [-0.05, 0) is 37.5 Å². The van der Waals surface area contributed by atoms with Crippen LogP contribution in [-0.2, 0) is 14.3 Å². The van der Waals surface area contributed by atoms with Crippen molar-refractivity contribution in [2.45, 2.75) is 97.8 Å². The van der Waals surface area contributed by atoms with Gasteiger partial charge in [0.1, 0.15) is 5.75 Å². The molecule has 0 amide bonds. The summed E-state index contributed by atoms with van der Waals surface area (Å²) in [6.07, 6.45) is 12.6. The van der Waals surface area contributed by atoms with Gasteiger partial charge < -0.3 is 9.47 Å². The van der Waals surface area contributed by atoms with Crippen molar-refractivity contribution in [2.24, 2.45) is 0 Å². The number of ether oxygens (including phenoxy) is 2. The summed E-state index contributed by atoms with van der Waals surface area (Å²) < 4.78 is 10.6. The molecular formula is C24H38O4. The molecule has 1 aromatic rings. The van der Waals surface area contributed by atoms with Crippen LogP contribution in [-0.4, -0.2) is 18.5 Å². The molecule has 0 aliphatic rings. The molecule has 158 valence electrons. The Hall–Kier alpha value is -1.84. The number of hydrogen-bond acceptors (Lipinski definition) is 4. The minimum absolute atomic E-state index is 0.0459. The van der Waals surface area contributed by atoms with Crippen LogP contribution in [0.2, 0.25) is 0 Å². The van der Waals surface area contributed by atoms with E-state index in [9.17, 15) is 9.59 Å². The van der Waals surface area contributed by atoms with Crippen LogP contribution in [0.25, 0.3) is 0 Å². The van der Waals surface area contributed by atoms with E-state index in [1.54, 1.807) is 6.07 Å². The molecule has 0 bridgehead atoms. The molecule has 0 unspecified atom stereocenters. The van der Waals surface area contributed by atoms with Gasteiger partial charge in [0.2, 0.25) is 0 Å². The van der Waals surface area contributed by atoms with E-state index in [-0.39, 0.29) is 18.8 Å². The number of rotatable bonds is 15. The van der Waals surface area contributed by atoms with Crippen LogP contribution < -0.4 is 4.74 Å². The summed E-state index contributed by atoms with van der Waals surface area (Å²) in [4.78, 5) is 23.7. The lowest BCUT2D eigenvalue weighted by atomic mass is 10.1. The Kier molecular flexibility index (Phi) is 13.1. The largest absolute Gasteiger partial charge is 0.466 e. The molecule has 1 rings (SSSR count). The van der Waals surface area contributed by atoms with Crippen molar-refractivity contribution in [2.75, 3.05) is 6.61 Å². The smallest absolute Gasteiger partial charge is 0.311 e. The number of carbonyl (C=O) groups is 2. The van der Waals surface area contributed by atoms with Crippen LogP contribution in [0.15, 0.2) is 18.2 Å². The first-order chi connectivity index (χ1) is 13.5. The standard InChI is InChI=1S/C24H38O4/c1-4-5-6-7-8-9-10-11-12-13-19-27-23(25)17-18-24(26)28-22-16-14-15-20(2)21(22)3/h14-16H,4-13,17-19H2,1-3H3. The normalized spacial score (nSPS) is 10.7. The zero-order valence-electron chi connectivity index (χ0n) is 18.1. The predicted molar refractivity (Wildman–Crippen MR) is 114 cm³/mol.